The Morgan fingerprint density at radius 3 is 2.54 bits per heavy atom. The molecule has 0 aromatic heterocycles. The van der Waals surface area contributed by atoms with Gasteiger partial charge in [-0.25, -0.2) is 0 Å². The van der Waals surface area contributed by atoms with E-state index >= 15 is 0 Å². The van der Waals surface area contributed by atoms with E-state index in [1.807, 2.05) is 0 Å². The Labute approximate surface area is 146 Å². The highest BCUT2D eigenvalue weighted by atomic mass is 16.2. The highest BCUT2D eigenvalue weighted by Crippen LogP contribution is 2.23. The first-order chi connectivity index (χ1) is 11.6. The Bertz CT molecular complexity index is 523. The topological polar surface area (TPSA) is 35.6 Å². The molecule has 0 spiro atoms. The summed E-state index contributed by atoms with van der Waals surface area (Å²) in [6.07, 6.45) is 2.45. The molecule has 0 saturated carbocycles. The maximum Gasteiger partial charge on any atom is 0.234 e. The molecule has 3 rings (SSSR count). The van der Waals surface area contributed by atoms with E-state index in [4.69, 9.17) is 0 Å². The number of hydrogen-bond acceptors (Lipinski definition) is 3. The second kappa shape index (κ2) is 8.02. The number of rotatable bonds is 5. The molecular weight excluding hydrogens is 298 g/mol. The van der Waals surface area contributed by atoms with Gasteiger partial charge in [-0.3, -0.25) is 9.69 Å². The minimum atomic E-state index is 0.189. The number of nitrogens with one attached hydrogen (secondary N) is 1. The van der Waals surface area contributed by atoms with Crippen molar-refractivity contribution in [1.82, 2.24) is 10.2 Å². The number of carbonyl (C=O) groups excluding carboxylic acids is 1. The van der Waals surface area contributed by atoms with Crippen LogP contribution in [-0.2, 0) is 4.79 Å². The molecule has 2 aliphatic rings. The Kier molecular flexibility index (Phi) is 5.77. The van der Waals surface area contributed by atoms with Crippen LogP contribution in [0.15, 0.2) is 30.3 Å². The van der Waals surface area contributed by atoms with E-state index in [1.165, 1.54) is 12.1 Å². The number of piperidine rings is 1. The van der Waals surface area contributed by atoms with Gasteiger partial charge < -0.3 is 10.2 Å². The van der Waals surface area contributed by atoms with Crippen LogP contribution in [0.2, 0.25) is 0 Å². The number of likely N-dealkylation sites (tertiary alicyclic amines) is 1. The number of hydrogen-bond donors (Lipinski definition) is 1. The van der Waals surface area contributed by atoms with Gasteiger partial charge in [0, 0.05) is 38.4 Å². The lowest BCUT2D eigenvalue weighted by atomic mass is 9.92. The van der Waals surface area contributed by atoms with E-state index < -0.39 is 0 Å². The largest absolute Gasteiger partial charge is 0.371 e. The monoisotopic (exact) mass is 329 g/mol. The van der Waals surface area contributed by atoms with E-state index in [1.54, 1.807) is 0 Å². The van der Waals surface area contributed by atoms with Gasteiger partial charge in [-0.1, -0.05) is 32.0 Å². The molecule has 132 valence electrons. The smallest absolute Gasteiger partial charge is 0.234 e. The van der Waals surface area contributed by atoms with Crippen LogP contribution < -0.4 is 10.2 Å². The summed E-state index contributed by atoms with van der Waals surface area (Å²) in [5.41, 5.74) is 1.29. The maximum atomic E-state index is 12.3. The predicted molar refractivity (Wildman–Crippen MR) is 99.2 cm³/mol. The molecule has 4 nitrogen and oxygen atoms in total. The molecule has 2 saturated heterocycles. The van der Waals surface area contributed by atoms with Gasteiger partial charge in [0.05, 0.1) is 6.54 Å². The summed E-state index contributed by atoms with van der Waals surface area (Å²) < 4.78 is 0. The third-order valence-corrected chi connectivity index (χ3v) is 5.31. The highest BCUT2D eigenvalue weighted by molar-refractivity contribution is 5.78. The van der Waals surface area contributed by atoms with Crippen molar-refractivity contribution in [3.63, 3.8) is 0 Å². The van der Waals surface area contributed by atoms with E-state index in [-0.39, 0.29) is 5.91 Å². The van der Waals surface area contributed by atoms with E-state index in [0.717, 1.165) is 39.1 Å². The summed E-state index contributed by atoms with van der Waals surface area (Å²) in [7, 11) is 0. The van der Waals surface area contributed by atoms with Crippen LogP contribution in [-0.4, -0.2) is 50.1 Å². The molecule has 4 heteroatoms. The highest BCUT2D eigenvalue weighted by Gasteiger charge is 2.25. The quantitative estimate of drug-likeness (QED) is 0.902. The molecular formula is C20H31N3O. The van der Waals surface area contributed by atoms with E-state index in [9.17, 15) is 4.79 Å². The minimum Gasteiger partial charge on any atom is -0.371 e. The number of benzene rings is 1. The number of anilines is 1. The summed E-state index contributed by atoms with van der Waals surface area (Å²) in [6, 6.07) is 10.6. The molecule has 1 aromatic carbocycles. The molecule has 0 radical (unpaired) electrons. The Balaban J connectivity index is 1.39. The van der Waals surface area contributed by atoms with Gasteiger partial charge in [0.15, 0.2) is 0 Å². The summed E-state index contributed by atoms with van der Waals surface area (Å²) in [6.45, 7) is 10.2. The number of carbonyl (C=O) groups is 1. The average molecular weight is 329 g/mol. The summed E-state index contributed by atoms with van der Waals surface area (Å²) in [5, 5.41) is 3.17. The van der Waals surface area contributed by atoms with Crippen molar-refractivity contribution < 1.29 is 4.79 Å². The summed E-state index contributed by atoms with van der Waals surface area (Å²) >= 11 is 0. The average Bonchev–Trinajstić information content (AvgIpc) is 3.02. The molecule has 3 unspecified atom stereocenters. The van der Waals surface area contributed by atoms with Gasteiger partial charge in [0.2, 0.25) is 5.91 Å². The lowest BCUT2D eigenvalue weighted by Gasteiger charge is -2.34. The fourth-order valence-corrected chi connectivity index (χ4v) is 4.31. The fourth-order valence-electron chi connectivity index (χ4n) is 4.31. The van der Waals surface area contributed by atoms with Crippen molar-refractivity contribution in [2.24, 2.45) is 17.8 Å². The number of amides is 1. The standard InChI is InChI=1S/C20H31N3O/c1-16-10-17(2)13-22(12-16)15-20(24)21-11-18-8-9-23(14-18)19-6-4-3-5-7-19/h3-7,16-18H,8-15H2,1-2H3,(H,21,24). The molecule has 2 aliphatic heterocycles. The first-order valence-electron chi connectivity index (χ1n) is 9.39. The maximum absolute atomic E-state index is 12.3. The molecule has 0 aliphatic carbocycles. The Hall–Kier alpha value is -1.55. The number of nitrogens with zero attached hydrogens (tertiary/aromatic N) is 2. The Morgan fingerprint density at radius 1 is 1.12 bits per heavy atom. The van der Waals surface area contributed by atoms with E-state index in [0.29, 0.717) is 24.3 Å². The summed E-state index contributed by atoms with van der Waals surface area (Å²) in [4.78, 5) is 17.0. The van der Waals surface area contributed by atoms with Crippen LogP contribution in [0.1, 0.15) is 26.7 Å². The van der Waals surface area contributed by atoms with E-state index in [2.05, 4.69) is 59.3 Å². The van der Waals surface area contributed by atoms with Crippen LogP contribution in [0.3, 0.4) is 0 Å². The van der Waals surface area contributed by atoms with Gasteiger partial charge in [-0.2, -0.15) is 0 Å². The minimum absolute atomic E-state index is 0.189. The third kappa shape index (κ3) is 4.73. The van der Waals surface area contributed by atoms with Crippen LogP contribution in [0.5, 0.6) is 0 Å². The first kappa shape index (κ1) is 17.3. The van der Waals surface area contributed by atoms with Gasteiger partial charge in [-0.15, -0.1) is 0 Å². The first-order valence-corrected chi connectivity index (χ1v) is 9.39. The van der Waals surface area contributed by atoms with Crippen LogP contribution in [0.4, 0.5) is 5.69 Å². The molecule has 24 heavy (non-hydrogen) atoms. The molecule has 2 heterocycles. The van der Waals surface area contributed by atoms with Gasteiger partial charge in [0.1, 0.15) is 0 Å². The number of para-hydroxylation sites is 1. The molecule has 1 aromatic rings. The molecule has 1 N–H and O–H groups in total. The van der Waals surface area contributed by atoms with Crippen LogP contribution in [0.25, 0.3) is 0 Å². The van der Waals surface area contributed by atoms with Crippen LogP contribution >= 0.6 is 0 Å². The molecule has 3 atom stereocenters. The van der Waals surface area contributed by atoms with Gasteiger partial charge in [-0.05, 0) is 42.7 Å². The molecule has 1 amide bonds. The lowest BCUT2D eigenvalue weighted by Crippen LogP contribution is -2.45. The van der Waals surface area contributed by atoms with Crippen molar-refractivity contribution in [3.05, 3.63) is 30.3 Å². The second-order valence-corrected chi connectivity index (χ2v) is 7.88. The van der Waals surface area contributed by atoms with Crippen molar-refractivity contribution in [2.45, 2.75) is 26.7 Å². The SMILES string of the molecule is CC1CC(C)CN(CC(=O)NCC2CCN(c3ccccc3)C2)C1. The van der Waals surface area contributed by atoms with Crippen molar-refractivity contribution in [1.29, 1.82) is 0 Å². The lowest BCUT2D eigenvalue weighted by molar-refractivity contribution is -0.123. The third-order valence-electron chi connectivity index (χ3n) is 5.31. The normalized spacial score (nSPS) is 28.1. The van der Waals surface area contributed by atoms with Gasteiger partial charge in [0.25, 0.3) is 0 Å². The Morgan fingerprint density at radius 2 is 1.83 bits per heavy atom. The fraction of sp³-hybridized carbons (Fsp3) is 0.650. The summed E-state index contributed by atoms with van der Waals surface area (Å²) in [5.74, 6) is 2.16. The van der Waals surface area contributed by atoms with Gasteiger partial charge >= 0.3 is 0 Å². The van der Waals surface area contributed by atoms with Crippen molar-refractivity contribution in [3.8, 4) is 0 Å². The van der Waals surface area contributed by atoms with Crippen molar-refractivity contribution in [2.75, 3.05) is 44.2 Å². The zero-order valence-corrected chi connectivity index (χ0v) is 15.1. The predicted octanol–water partition coefficient (Wildman–Crippen LogP) is 2.61. The van der Waals surface area contributed by atoms with Crippen molar-refractivity contribution >= 4 is 11.6 Å². The zero-order chi connectivity index (χ0) is 16.9. The molecule has 2 fully saturated rings. The second-order valence-electron chi connectivity index (χ2n) is 7.88. The van der Waals surface area contributed by atoms with Crippen LogP contribution in [0, 0.1) is 17.8 Å². The zero-order valence-electron chi connectivity index (χ0n) is 15.1. The molecule has 0 bridgehead atoms.